The van der Waals surface area contributed by atoms with Gasteiger partial charge in [-0.05, 0) is 42.8 Å². The highest BCUT2D eigenvalue weighted by molar-refractivity contribution is 6.31. The van der Waals surface area contributed by atoms with Gasteiger partial charge < -0.3 is 9.97 Å². The molecule has 4 nitrogen and oxygen atoms in total. The Balaban J connectivity index is 2.07. The molecule has 0 spiro atoms. The number of para-hydroxylation sites is 2. The second kappa shape index (κ2) is 4.71. The fourth-order valence-corrected chi connectivity index (χ4v) is 2.95. The van der Waals surface area contributed by atoms with Gasteiger partial charge in [-0.25, -0.2) is 4.98 Å². The Hall–Kier alpha value is -2.59. The molecule has 0 saturated carbocycles. The summed E-state index contributed by atoms with van der Waals surface area (Å²) < 4.78 is 0. The fourth-order valence-electron chi connectivity index (χ4n) is 2.78. The van der Waals surface area contributed by atoms with Crippen LogP contribution in [0.25, 0.3) is 33.3 Å². The van der Waals surface area contributed by atoms with Crippen molar-refractivity contribution in [1.29, 1.82) is 0 Å². The van der Waals surface area contributed by atoms with Gasteiger partial charge in [0.1, 0.15) is 5.82 Å². The number of aromatic nitrogens is 3. The van der Waals surface area contributed by atoms with E-state index in [4.69, 9.17) is 11.6 Å². The molecule has 0 radical (unpaired) electrons. The van der Waals surface area contributed by atoms with Gasteiger partial charge >= 0.3 is 0 Å². The lowest BCUT2D eigenvalue weighted by Gasteiger charge is -2.07. The number of hydrogen-bond donors (Lipinski definition) is 2. The topological polar surface area (TPSA) is 61.5 Å². The van der Waals surface area contributed by atoms with Crippen LogP contribution in [0.4, 0.5) is 0 Å². The summed E-state index contributed by atoms with van der Waals surface area (Å²) in [5, 5.41) is 1.56. The molecule has 0 aliphatic rings. The lowest BCUT2D eigenvalue weighted by atomic mass is 10.0. The van der Waals surface area contributed by atoms with Crippen molar-refractivity contribution in [1.82, 2.24) is 15.0 Å². The second-order valence-corrected chi connectivity index (χ2v) is 5.68. The number of rotatable bonds is 1. The molecule has 22 heavy (non-hydrogen) atoms. The molecular formula is C17H12ClN3O. The molecule has 2 aromatic heterocycles. The minimum atomic E-state index is -0.161. The van der Waals surface area contributed by atoms with Gasteiger partial charge in [-0.1, -0.05) is 23.7 Å². The Kier molecular flexibility index (Phi) is 2.81. The van der Waals surface area contributed by atoms with E-state index < -0.39 is 0 Å². The minimum Gasteiger partial charge on any atom is -0.338 e. The number of nitrogens with zero attached hydrogens (tertiary/aromatic N) is 1. The van der Waals surface area contributed by atoms with Crippen LogP contribution in [0.3, 0.4) is 0 Å². The van der Waals surface area contributed by atoms with Crippen LogP contribution in [-0.2, 0) is 0 Å². The molecule has 0 amide bonds. The number of fused-ring (bicyclic) bond motifs is 2. The van der Waals surface area contributed by atoms with Crippen LogP contribution in [0.1, 0.15) is 5.56 Å². The highest BCUT2D eigenvalue weighted by atomic mass is 35.5. The van der Waals surface area contributed by atoms with E-state index in [1.807, 2.05) is 43.3 Å². The zero-order valence-electron chi connectivity index (χ0n) is 11.8. The highest BCUT2D eigenvalue weighted by Gasteiger charge is 2.15. The number of aromatic amines is 2. The minimum absolute atomic E-state index is 0.161. The van der Waals surface area contributed by atoms with E-state index in [2.05, 4.69) is 15.0 Å². The maximum atomic E-state index is 12.5. The second-order valence-electron chi connectivity index (χ2n) is 5.25. The molecule has 2 aromatic carbocycles. The quantitative estimate of drug-likeness (QED) is 0.557. The maximum absolute atomic E-state index is 12.5. The predicted octanol–water partition coefficient (Wildman–Crippen LogP) is 4.03. The molecule has 0 unspecified atom stereocenters. The first-order valence-electron chi connectivity index (χ1n) is 6.91. The van der Waals surface area contributed by atoms with Gasteiger partial charge in [-0.2, -0.15) is 0 Å². The number of pyridine rings is 1. The summed E-state index contributed by atoms with van der Waals surface area (Å²) in [4.78, 5) is 23.1. The van der Waals surface area contributed by atoms with Crippen LogP contribution in [0, 0.1) is 6.92 Å². The molecular weight excluding hydrogens is 298 g/mol. The number of halogens is 1. The van der Waals surface area contributed by atoms with Crippen molar-refractivity contribution in [2.75, 3.05) is 0 Å². The number of hydrogen-bond acceptors (Lipinski definition) is 2. The molecule has 5 heteroatoms. The van der Waals surface area contributed by atoms with E-state index in [0.29, 0.717) is 16.4 Å². The molecule has 4 rings (SSSR count). The lowest BCUT2D eigenvalue weighted by molar-refractivity contribution is 1.23. The van der Waals surface area contributed by atoms with Crippen LogP contribution < -0.4 is 5.56 Å². The third kappa shape index (κ3) is 1.92. The maximum Gasteiger partial charge on any atom is 0.259 e. The highest BCUT2D eigenvalue weighted by Crippen LogP contribution is 2.27. The summed E-state index contributed by atoms with van der Waals surface area (Å²) in [5.41, 5.74) is 3.76. The zero-order valence-corrected chi connectivity index (χ0v) is 12.5. The van der Waals surface area contributed by atoms with Crippen molar-refractivity contribution in [3.8, 4) is 11.4 Å². The first kappa shape index (κ1) is 13.1. The molecule has 0 fully saturated rings. The zero-order chi connectivity index (χ0) is 15.3. The third-order valence-electron chi connectivity index (χ3n) is 3.86. The standard InChI is InChI=1S/C17H12ClN3O/c1-9-11-8-10(18)6-7-12(11)21-17(22)15(9)16-19-13-4-2-3-5-14(13)20-16/h2-8H,1H3,(H,19,20)(H,21,22). The van der Waals surface area contributed by atoms with Gasteiger partial charge in [-0.3, -0.25) is 4.79 Å². The van der Waals surface area contributed by atoms with E-state index in [1.165, 1.54) is 0 Å². The van der Waals surface area contributed by atoms with Crippen LogP contribution in [0.15, 0.2) is 47.3 Å². The van der Waals surface area contributed by atoms with Gasteiger partial charge in [0, 0.05) is 15.9 Å². The van der Waals surface area contributed by atoms with Crippen molar-refractivity contribution in [2.24, 2.45) is 0 Å². The number of aryl methyl sites for hydroxylation is 1. The van der Waals surface area contributed by atoms with Crippen molar-refractivity contribution >= 4 is 33.5 Å². The van der Waals surface area contributed by atoms with Gasteiger partial charge in [0.05, 0.1) is 16.6 Å². The van der Waals surface area contributed by atoms with Crippen LogP contribution in [0.2, 0.25) is 5.02 Å². The van der Waals surface area contributed by atoms with Crippen LogP contribution >= 0.6 is 11.6 Å². The Morgan fingerprint density at radius 2 is 1.86 bits per heavy atom. The van der Waals surface area contributed by atoms with E-state index in [0.717, 1.165) is 27.5 Å². The molecule has 4 aromatic rings. The van der Waals surface area contributed by atoms with Crippen molar-refractivity contribution in [2.45, 2.75) is 6.92 Å². The van der Waals surface area contributed by atoms with Crippen molar-refractivity contribution < 1.29 is 0 Å². The monoisotopic (exact) mass is 309 g/mol. The Labute approximate surface area is 130 Å². The largest absolute Gasteiger partial charge is 0.338 e. The average Bonchev–Trinajstić information content (AvgIpc) is 2.91. The molecule has 2 N–H and O–H groups in total. The van der Waals surface area contributed by atoms with Crippen LogP contribution in [0.5, 0.6) is 0 Å². The third-order valence-corrected chi connectivity index (χ3v) is 4.10. The number of imidazole rings is 1. The SMILES string of the molecule is Cc1c(-c2nc3ccccc3[nH]2)c(=O)[nH]c2ccc(Cl)cc12. The van der Waals surface area contributed by atoms with Gasteiger partial charge in [0.15, 0.2) is 0 Å². The number of benzene rings is 2. The Morgan fingerprint density at radius 1 is 1.05 bits per heavy atom. The Bertz CT molecular complexity index is 1050. The predicted molar refractivity (Wildman–Crippen MR) is 89.4 cm³/mol. The summed E-state index contributed by atoms with van der Waals surface area (Å²) in [6.45, 7) is 1.91. The first-order valence-corrected chi connectivity index (χ1v) is 7.28. The summed E-state index contributed by atoms with van der Waals surface area (Å²) >= 11 is 6.08. The molecule has 2 heterocycles. The molecule has 0 saturated heterocycles. The van der Waals surface area contributed by atoms with Gasteiger partial charge in [0.2, 0.25) is 0 Å². The van der Waals surface area contributed by atoms with E-state index in [9.17, 15) is 4.79 Å². The fraction of sp³-hybridized carbons (Fsp3) is 0.0588. The number of H-pyrrole nitrogens is 2. The van der Waals surface area contributed by atoms with Crippen LogP contribution in [-0.4, -0.2) is 15.0 Å². The molecule has 108 valence electrons. The summed E-state index contributed by atoms with van der Waals surface area (Å²) in [5.74, 6) is 0.571. The summed E-state index contributed by atoms with van der Waals surface area (Å²) in [6, 6.07) is 13.1. The summed E-state index contributed by atoms with van der Waals surface area (Å²) in [6.07, 6.45) is 0. The average molecular weight is 310 g/mol. The number of nitrogens with one attached hydrogen (secondary N) is 2. The van der Waals surface area contributed by atoms with Crippen molar-refractivity contribution in [3.05, 3.63) is 63.4 Å². The van der Waals surface area contributed by atoms with E-state index in [1.54, 1.807) is 6.07 Å². The molecule has 0 atom stereocenters. The lowest BCUT2D eigenvalue weighted by Crippen LogP contribution is -2.12. The first-order chi connectivity index (χ1) is 10.6. The van der Waals surface area contributed by atoms with Gasteiger partial charge in [-0.15, -0.1) is 0 Å². The normalized spacial score (nSPS) is 11.4. The van der Waals surface area contributed by atoms with E-state index >= 15 is 0 Å². The molecule has 0 aliphatic carbocycles. The summed E-state index contributed by atoms with van der Waals surface area (Å²) in [7, 11) is 0. The Morgan fingerprint density at radius 3 is 2.68 bits per heavy atom. The molecule has 0 aliphatic heterocycles. The smallest absolute Gasteiger partial charge is 0.259 e. The van der Waals surface area contributed by atoms with Gasteiger partial charge in [0.25, 0.3) is 5.56 Å². The van der Waals surface area contributed by atoms with E-state index in [-0.39, 0.29) is 5.56 Å². The molecule has 0 bridgehead atoms. The van der Waals surface area contributed by atoms with Crippen molar-refractivity contribution in [3.63, 3.8) is 0 Å².